The number of rotatable bonds is 1. The predicted octanol–water partition coefficient (Wildman–Crippen LogP) is -0.917. The van der Waals surface area contributed by atoms with E-state index in [1.54, 1.807) is 0 Å². The van der Waals surface area contributed by atoms with Crippen molar-refractivity contribution in [2.24, 2.45) is 11.8 Å². The zero-order chi connectivity index (χ0) is 8.72. The number of hydrogen-bond donors (Lipinski definition) is 3. The van der Waals surface area contributed by atoms with E-state index >= 15 is 0 Å². The van der Waals surface area contributed by atoms with E-state index in [4.69, 9.17) is 14.9 Å². The van der Waals surface area contributed by atoms with Gasteiger partial charge < -0.3 is 20.1 Å². The van der Waals surface area contributed by atoms with Gasteiger partial charge in [0, 0.05) is 25.4 Å². The van der Waals surface area contributed by atoms with Gasteiger partial charge in [-0.15, -0.1) is 0 Å². The molecular weight excluding hydrogens is 160 g/mol. The summed E-state index contributed by atoms with van der Waals surface area (Å²) in [6.07, 6.45) is -0.105. The Hall–Kier alpha value is -0.160. The zero-order valence-electron chi connectivity index (χ0n) is 6.76. The molecule has 1 heterocycles. The van der Waals surface area contributed by atoms with Gasteiger partial charge >= 0.3 is 0 Å². The lowest BCUT2D eigenvalue weighted by Crippen LogP contribution is -2.23. The van der Waals surface area contributed by atoms with Crippen molar-refractivity contribution < 1.29 is 20.1 Å². The predicted molar refractivity (Wildman–Crippen MR) is 40.2 cm³/mol. The van der Waals surface area contributed by atoms with E-state index in [1.165, 1.54) is 0 Å². The van der Waals surface area contributed by atoms with E-state index in [0.29, 0.717) is 12.8 Å². The summed E-state index contributed by atoms with van der Waals surface area (Å²) in [6.45, 7) is -0.0155. The zero-order valence-corrected chi connectivity index (χ0v) is 6.76. The van der Waals surface area contributed by atoms with Gasteiger partial charge in [-0.05, 0) is 5.92 Å². The first-order valence-electron chi connectivity index (χ1n) is 4.35. The second-order valence-electron chi connectivity index (χ2n) is 3.68. The molecule has 0 radical (unpaired) electrons. The van der Waals surface area contributed by atoms with Crippen LogP contribution in [0.5, 0.6) is 0 Å². The van der Waals surface area contributed by atoms with Crippen molar-refractivity contribution >= 4 is 0 Å². The molecule has 1 aliphatic carbocycles. The normalized spacial score (nSPS) is 52.8. The van der Waals surface area contributed by atoms with Crippen molar-refractivity contribution in [1.29, 1.82) is 0 Å². The van der Waals surface area contributed by atoms with Crippen molar-refractivity contribution in [2.75, 3.05) is 6.61 Å². The Morgan fingerprint density at radius 3 is 2.67 bits per heavy atom. The molecule has 5 atom stereocenters. The average Bonchev–Trinajstić information content (AvgIpc) is 2.43. The van der Waals surface area contributed by atoms with E-state index < -0.39 is 12.4 Å². The third-order valence-corrected chi connectivity index (χ3v) is 3.01. The second kappa shape index (κ2) is 2.96. The van der Waals surface area contributed by atoms with Crippen LogP contribution in [-0.2, 0) is 4.74 Å². The monoisotopic (exact) mass is 174 g/mol. The van der Waals surface area contributed by atoms with Crippen LogP contribution >= 0.6 is 0 Å². The van der Waals surface area contributed by atoms with Gasteiger partial charge in [0.05, 0.1) is 12.2 Å². The molecule has 0 amide bonds. The largest absolute Gasteiger partial charge is 0.396 e. The van der Waals surface area contributed by atoms with Gasteiger partial charge in [0.1, 0.15) is 0 Å². The lowest BCUT2D eigenvalue weighted by Gasteiger charge is -2.16. The highest BCUT2D eigenvalue weighted by Gasteiger charge is 2.48. The highest BCUT2D eigenvalue weighted by atomic mass is 16.6. The van der Waals surface area contributed by atoms with Crippen LogP contribution in [0.3, 0.4) is 0 Å². The average molecular weight is 174 g/mol. The van der Waals surface area contributed by atoms with Crippen LogP contribution in [0, 0.1) is 11.8 Å². The number of aliphatic hydroxyl groups excluding tert-OH is 3. The molecule has 1 saturated heterocycles. The summed E-state index contributed by atoms with van der Waals surface area (Å²) in [5, 5.41) is 27.6. The number of hydrogen-bond acceptors (Lipinski definition) is 4. The summed E-state index contributed by atoms with van der Waals surface area (Å²) in [5.74, 6) is 0.0344. The van der Waals surface area contributed by atoms with Gasteiger partial charge in [0.25, 0.3) is 0 Å². The highest BCUT2D eigenvalue weighted by Crippen LogP contribution is 2.42. The first kappa shape index (κ1) is 8.44. The minimum absolute atomic E-state index is 0.0155. The van der Waals surface area contributed by atoms with Crippen LogP contribution in [0.25, 0.3) is 0 Å². The maximum atomic E-state index is 9.46. The van der Waals surface area contributed by atoms with E-state index in [9.17, 15) is 5.11 Å². The molecule has 70 valence electrons. The highest BCUT2D eigenvalue weighted by molar-refractivity contribution is 4.95. The summed E-state index contributed by atoms with van der Waals surface area (Å²) in [7, 11) is 0. The summed E-state index contributed by atoms with van der Waals surface area (Å²) < 4.78 is 5.17. The Labute approximate surface area is 70.8 Å². The number of fused-ring (bicyclic) bond motifs is 1. The summed E-state index contributed by atoms with van der Waals surface area (Å²) in [5.41, 5.74) is 0. The molecule has 2 aliphatic rings. The molecule has 12 heavy (non-hydrogen) atoms. The molecule has 0 bridgehead atoms. The van der Waals surface area contributed by atoms with Gasteiger partial charge in [-0.2, -0.15) is 0 Å². The number of aliphatic hydroxyl groups is 3. The molecule has 1 saturated carbocycles. The van der Waals surface area contributed by atoms with Crippen molar-refractivity contribution in [3.05, 3.63) is 0 Å². The lowest BCUT2D eigenvalue weighted by atomic mass is 9.93. The second-order valence-corrected chi connectivity index (χ2v) is 3.68. The molecule has 1 aliphatic heterocycles. The van der Waals surface area contributed by atoms with E-state index in [-0.39, 0.29) is 24.5 Å². The van der Waals surface area contributed by atoms with Crippen molar-refractivity contribution in [1.82, 2.24) is 0 Å². The van der Waals surface area contributed by atoms with Crippen LogP contribution in [0.4, 0.5) is 0 Å². The van der Waals surface area contributed by atoms with E-state index in [0.717, 1.165) is 0 Å². The summed E-state index contributed by atoms with van der Waals surface area (Å²) in [4.78, 5) is 0. The van der Waals surface area contributed by atoms with Crippen LogP contribution < -0.4 is 0 Å². The summed E-state index contributed by atoms with van der Waals surface area (Å²) in [6, 6.07) is 0. The Morgan fingerprint density at radius 1 is 1.25 bits per heavy atom. The van der Waals surface area contributed by atoms with E-state index in [1.807, 2.05) is 0 Å². The molecule has 3 N–H and O–H groups in total. The first-order chi connectivity index (χ1) is 5.72. The van der Waals surface area contributed by atoms with Gasteiger partial charge in [-0.1, -0.05) is 0 Å². The van der Waals surface area contributed by atoms with Crippen LogP contribution in [0.15, 0.2) is 0 Å². The molecule has 4 heteroatoms. The fourth-order valence-corrected chi connectivity index (χ4v) is 2.38. The van der Waals surface area contributed by atoms with Gasteiger partial charge in [-0.25, -0.2) is 0 Å². The Bertz CT molecular complexity index is 172. The van der Waals surface area contributed by atoms with Crippen LogP contribution in [0.2, 0.25) is 0 Å². The minimum Gasteiger partial charge on any atom is -0.396 e. The standard InChI is InChI=1S/C8H14O4/c9-3-5-4-1-8(11)12-7(4)2-6(5)10/h4-11H,1-3H2. The maximum Gasteiger partial charge on any atom is 0.155 e. The SMILES string of the molecule is OCC1C(O)CC2OC(O)CC21. The smallest absolute Gasteiger partial charge is 0.155 e. The van der Waals surface area contributed by atoms with Gasteiger partial charge in [-0.3, -0.25) is 0 Å². The van der Waals surface area contributed by atoms with Gasteiger partial charge in [0.15, 0.2) is 6.29 Å². The van der Waals surface area contributed by atoms with Crippen molar-refractivity contribution in [3.8, 4) is 0 Å². The fraction of sp³-hybridized carbons (Fsp3) is 1.00. The number of ether oxygens (including phenoxy) is 1. The Kier molecular flexibility index (Phi) is 2.08. The topological polar surface area (TPSA) is 69.9 Å². The quantitative estimate of drug-likeness (QED) is 0.481. The molecule has 2 rings (SSSR count). The summed E-state index contributed by atoms with van der Waals surface area (Å²) >= 11 is 0. The molecule has 2 fully saturated rings. The molecule has 0 aromatic heterocycles. The van der Waals surface area contributed by atoms with Crippen LogP contribution in [-0.4, -0.2) is 40.4 Å². The molecule has 0 spiro atoms. The Balaban J connectivity index is 2.06. The van der Waals surface area contributed by atoms with Crippen LogP contribution in [0.1, 0.15) is 12.8 Å². The molecule has 0 aromatic carbocycles. The van der Waals surface area contributed by atoms with Crippen molar-refractivity contribution in [3.63, 3.8) is 0 Å². The third-order valence-electron chi connectivity index (χ3n) is 3.01. The van der Waals surface area contributed by atoms with Gasteiger partial charge in [0.2, 0.25) is 0 Å². The maximum absolute atomic E-state index is 9.46. The minimum atomic E-state index is -0.693. The third kappa shape index (κ3) is 1.15. The molecule has 5 unspecified atom stereocenters. The Morgan fingerprint density at radius 2 is 2.00 bits per heavy atom. The fourth-order valence-electron chi connectivity index (χ4n) is 2.38. The van der Waals surface area contributed by atoms with E-state index in [2.05, 4.69) is 0 Å². The molecular formula is C8H14O4. The van der Waals surface area contributed by atoms with Crippen molar-refractivity contribution in [2.45, 2.75) is 31.3 Å². The molecule has 4 nitrogen and oxygen atoms in total. The first-order valence-corrected chi connectivity index (χ1v) is 4.35. The molecule has 0 aromatic rings. The lowest BCUT2D eigenvalue weighted by molar-refractivity contribution is -0.0952.